The van der Waals surface area contributed by atoms with Crippen LogP contribution in [-0.4, -0.2) is 25.2 Å². The molecule has 0 aliphatic rings. The molecule has 0 heterocycles. The summed E-state index contributed by atoms with van der Waals surface area (Å²) in [5.74, 6) is 0.920. The second-order valence-corrected chi connectivity index (χ2v) is 17.9. The predicted octanol–water partition coefficient (Wildman–Crippen LogP) is 17.9. The maximum atomic E-state index is 12.1. The summed E-state index contributed by atoms with van der Waals surface area (Å²) >= 11 is 0. The topological polar surface area (TPSA) is 52.6 Å². The van der Waals surface area contributed by atoms with E-state index in [1.807, 2.05) is 0 Å². The smallest absolute Gasteiger partial charge is 0.305 e. The van der Waals surface area contributed by atoms with E-state index < -0.39 is 0 Å². The summed E-state index contributed by atoms with van der Waals surface area (Å²) in [5.41, 5.74) is 0. The molecule has 0 aromatic carbocycles. The van der Waals surface area contributed by atoms with E-state index in [2.05, 4.69) is 20.8 Å². The van der Waals surface area contributed by atoms with Crippen molar-refractivity contribution in [3.05, 3.63) is 0 Å². The predicted molar refractivity (Wildman–Crippen MR) is 246 cm³/mol. The Balaban J connectivity index is 3.37. The van der Waals surface area contributed by atoms with Crippen molar-refractivity contribution in [2.45, 2.75) is 303 Å². The number of ether oxygens (including phenoxy) is 2. The molecule has 0 aliphatic heterocycles. The molecule has 0 aromatic heterocycles. The van der Waals surface area contributed by atoms with Crippen molar-refractivity contribution in [2.75, 3.05) is 13.2 Å². The van der Waals surface area contributed by atoms with Gasteiger partial charge in [-0.2, -0.15) is 0 Å². The zero-order valence-corrected chi connectivity index (χ0v) is 38.7. The third-order valence-electron chi connectivity index (χ3n) is 12.3. The van der Waals surface area contributed by atoms with Crippen LogP contribution in [0.1, 0.15) is 303 Å². The lowest BCUT2D eigenvalue weighted by molar-refractivity contribution is -0.144. The van der Waals surface area contributed by atoms with Gasteiger partial charge in [-0.1, -0.05) is 265 Å². The van der Waals surface area contributed by atoms with Gasteiger partial charge in [0.1, 0.15) is 0 Å². The molecule has 0 rings (SSSR count). The highest BCUT2D eigenvalue weighted by molar-refractivity contribution is 5.69. The summed E-state index contributed by atoms with van der Waals surface area (Å²) in [5, 5.41) is 0. The number of carbonyl (C=O) groups excluding carboxylic acids is 2. The minimum absolute atomic E-state index is 0.0168. The molecular formula is C52H102O4. The Labute approximate surface area is 352 Å². The van der Waals surface area contributed by atoms with Gasteiger partial charge < -0.3 is 9.47 Å². The van der Waals surface area contributed by atoms with Gasteiger partial charge in [0, 0.05) is 12.8 Å². The van der Waals surface area contributed by atoms with Crippen LogP contribution < -0.4 is 0 Å². The number of esters is 2. The molecule has 56 heavy (non-hydrogen) atoms. The summed E-state index contributed by atoms with van der Waals surface area (Å²) in [7, 11) is 0. The van der Waals surface area contributed by atoms with Crippen LogP contribution >= 0.6 is 0 Å². The summed E-state index contributed by atoms with van der Waals surface area (Å²) in [6.07, 6.45) is 56.5. The second kappa shape index (κ2) is 48.3. The highest BCUT2D eigenvalue weighted by Gasteiger charge is 2.07. The SMILES string of the molecule is CCCCCCCCCCCCCCCC(=O)OCCCCCCCCCCCC(CC)CCCCCCOC(=O)CCCCCCCCCCCCCCC. The van der Waals surface area contributed by atoms with Crippen molar-refractivity contribution < 1.29 is 19.1 Å². The van der Waals surface area contributed by atoms with Gasteiger partial charge in [-0.25, -0.2) is 0 Å². The molecule has 0 fully saturated rings. The number of rotatable bonds is 48. The Bertz CT molecular complexity index is 766. The van der Waals surface area contributed by atoms with Gasteiger partial charge in [0.15, 0.2) is 0 Å². The first-order chi connectivity index (χ1) is 27.6. The fourth-order valence-corrected chi connectivity index (χ4v) is 8.30. The molecule has 0 amide bonds. The van der Waals surface area contributed by atoms with Crippen LogP contribution in [0.2, 0.25) is 0 Å². The van der Waals surface area contributed by atoms with Crippen LogP contribution in [-0.2, 0) is 19.1 Å². The third-order valence-corrected chi connectivity index (χ3v) is 12.3. The number of unbranched alkanes of at least 4 members (excludes halogenated alkanes) is 35. The molecule has 0 N–H and O–H groups in total. The van der Waals surface area contributed by atoms with Crippen LogP contribution in [0.3, 0.4) is 0 Å². The molecule has 0 aromatic rings. The Hall–Kier alpha value is -1.06. The maximum absolute atomic E-state index is 12.1. The molecule has 0 saturated heterocycles. The van der Waals surface area contributed by atoms with Crippen LogP contribution in [0.15, 0.2) is 0 Å². The molecule has 1 unspecified atom stereocenters. The van der Waals surface area contributed by atoms with E-state index in [0.717, 1.165) is 31.6 Å². The van der Waals surface area contributed by atoms with Crippen molar-refractivity contribution >= 4 is 11.9 Å². The lowest BCUT2D eigenvalue weighted by atomic mass is 9.92. The minimum Gasteiger partial charge on any atom is -0.466 e. The number of carbonyl (C=O) groups is 2. The van der Waals surface area contributed by atoms with Crippen molar-refractivity contribution in [1.29, 1.82) is 0 Å². The van der Waals surface area contributed by atoms with Crippen LogP contribution in [0.4, 0.5) is 0 Å². The minimum atomic E-state index is 0.0168. The summed E-state index contributed by atoms with van der Waals surface area (Å²) < 4.78 is 11.0. The van der Waals surface area contributed by atoms with E-state index in [9.17, 15) is 9.59 Å². The van der Waals surface area contributed by atoms with E-state index in [4.69, 9.17) is 9.47 Å². The molecular weight excluding hydrogens is 689 g/mol. The summed E-state index contributed by atoms with van der Waals surface area (Å²) in [6, 6.07) is 0. The number of hydrogen-bond acceptors (Lipinski definition) is 4. The zero-order chi connectivity index (χ0) is 40.7. The molecule has 0 aliphatic carbocycles. The molecule has 4 nitrogen and oxygen atoms in total. The monoisotopic (exact) mass is 791 g/mol. The first kappa shape index (κ1) is 54.9. The zero-order valence-electron chi connectivity index (χ0n) is 38.7. The molecule has 334 valence electrons. The second-order valence-electron chi connectivity index (χ2n) is 17.9. The first-order valence-electron chi connectivity index (χ1n) is 25.9. The van der Waals surface area contributed by atoms with E-state index in [1.165, 1.54) is 244 Å². The summed E-state index contributed by atoms with van der Waals surface area (Å²) in [4.78, 5) is 24.1. The molecule has 0 spiro atoms. The molecule has 4 heteroatoms. The average molecular weight is 791 g/mol. The Morgan fingerprint density at radius 3 is 0.804 bits per heavy atom. The van der Waals surface area contributed by atoms with Crippen LogP contribution in [0.25, 0.3) is 0 Å². The standard InChI is InChI=1S/C52H102O4/c1-4-7-9-11-13-15-17-19-21-25-29-33-40-46-51(53)55-48-42-36-31-27-23-24-28-32-38-44-50(6-3)45-39-35-37-43-49-56-52(54)47-41-34-30-26-22-20-18-16-14-12-10-8-5-2/h50H,4-49H2,1-3H3. The van der Waals surface area contributed by atoms with Gasteiger partial charge in [-0.3, -0.25) is 9.59 Å². The van der Waals surface area contributed by atoms with Crippen molar-refractivity contribution in [3.8, 4) is 0 Å². The Morgan fingerprint density at radius 1 is 0.304 bits per heavy atom. The summed E-state index contributed by atoms with van der Waals surface area (Å²) in [6.45, 7) is 8.16. The highest BCUT2D eigenvalue weighted by atomic mass is 16.5. The lowest BCUT2D eigenvalue weighted by Crippen LogP contribution is -2.05. The Morgan fingerprint density at radius 2 is 0.536 bits per heavy atom. The van der Waals surface area contributed by atoms with Crippen LogP contribution in [0.5, 0.6) is 0 Å². The van der Waals surface area contributed by atoms with Gasteiger partial charge >= 0.3 is 11.9 Å². The van der Waals surface area contributed by atoms with Gasteiger partial charge in [0.25, 0.3) is 0 Å². The molecule has 0 bridgehead atoms. The Kier molecular flexibility index (Phi) is 47.4. The normalized spacial score (nSPS) is 12.0. The van der Waals surface area contributed by atoms with E-state index in [0.29, 0.717) is 26.1 Å². The maximum Gasteiger partial charge on any atom is 0.305 e. The molecule has 1 atom stereocenters. The number of hydrogen-bond donors (Lipinski definition) is 0. The largest absolute Gasteiger partial charge is 0.466 e. The average Bonchev–Trinajstić information content (AvgIpc) is 3.20. The van der Waals surface area contributed by atoms with Gasteiger partial charge in [0.2, 0.25) is 0 Å². The molecule has 0 radical (unpaired) electrons. The van der Waals surface area contributed by atoms with E-state index >= 15 is 0 Å². The fraction of sp³-hybridized carbons (Fsp3) is 0.962. The van der Waals surface area contributed by atoms with Gasteiger partial charge in [-0.05, 0) is 31.6 Å². The van der Waals surface area contributed by atoms with Crippen molar-refractivity contribution in [1.82, 2.24) is 0 Å². The van der Waals surface area contributed by atoms with Crippen LogP contribution in [0, 0.1) is 5.92 Å². The lowest BCUT2D eigenvalue weighted by Gasteiger charge is -2.14. The molecule has 0 saturated carbocycles. The van der Waals surface area contributed by atoms with Gasteiger partial charge in [0.05, 0.1) is 13.2 Å². The van der Waals surface area contributed by atoms with Gasteiger partial charge in [-0.15, -0.1) is 0 Å². The quantitative estimate of drug-likeness (QED) is 0.0455. The van der Waals surface area contributed by atoms with Crippen molar-refractivity contribution in [2.24, 2.45) is 5.92 Å². The van der Waals surface area contributed by atoms with Crippen molar-refractivity contribution in [3.63, 3.8) is 0 Å². The first-order valence-corrected chi connectivity index (χ1v) is 25.9. The highest BCUT2D eigenvalue weighted by Crippen LogP contribution is 2.22. The van der Waals surface area contributed by atoms with E-state index in [-0.39, 0.29) is 11.9 Å². The van der Waals surface area contributed by atoms with E-state index in [1.54, 1.807) is 0 Å². The third kappa shape index (κ3) is 45.6. The fourth-order valence-electron chi connectivity index (χ4n) is 8.30.